The number of carbonyl (C=O) groups is 1. The summed E-state index contributed by atoms with van der Waals surface area (Å²) in [6, 6.07) is 0. The smallest absolute Gasteiger partial charge is 0.317 e. The van der Waals surface area contributed by atoms with Gasteiger partial charge in [0.2, 0.25) is 0 Å². The van der Waals surface area contributed by atoms with Gasteiger partial charge in [-0.05, 0) is 24.5 Å². The molecule has 11 heavy (non-hydrogen) atoms. The van der Waals surface area contributed by atoms with E-state index in [-0.39, 0.29) is 6.54 Å². The van der Waals surface area contributed by atoms with E-state index in [4.69, 9.17) is 5.11 Å². The third-order valence-electron chi connectivity index (χ3n) is 1.12. The molecule has 0 saturated carbocycles. The maximum Gasteiger partial charge on any atom is 0.317 e. The molecule has 3 nitrogen and oxygen atoms in total. The van der Waals surface area contributed by atoms with E-state index < -0.39 is 5.97 Å². The third-order valence-corrected chi connectivity index (χ3v) is 2.11. The van der Waals surface area contributed by atoms with Gasteiger partial charge in [0, 0.05) is 0 Å². The lowest BCUT2D eigenvalue weighted by Crippen LogP contribution is -2.23. The lowest BCUT2D eigenvalue weighted by atomic mass is 10.5. The Balaban J connectivity index is 2.85. The number of hydrogen-bond acceptors (Lipinski definition) is 3. The summed E-state index contributed by atoms with van der Waals surface area (Å²) in [5.41, 5.74) is 0. The fourth-order valence-electron chi connectivity index (χ4n) is 0.639. The van der Waals surface area contributed by atoms with Crippen molar-refractivity contribution in [3.05, 3.63) is 0 Å². The van der Waals surface area contributed by atoms with E-state index in [9.17, 15) is 4.79 Å². The fraction of sp³-hybridized carbons (Fsp3) is 0.857. The molecule has 0 aliphatic carbocycles. The molecular formula is C7H15NO2S. The number of rotatable bonds is 7. The Morgan fingerprint density at radius 2 is 2.36 bits per heavy atom. The summed E-state index contributed by atoms with van der Waals surface area (Å²) in [5.74, 6) is 1.47. The van der Waals surface area contributed by atoms with E-state index in [2.05, 4.69) is 12.2 Å². The number of nitrogens with one attached hydrogen (secondary N) is 1. The summed E-state index contributed by atoms with van der Waals surface area (Å²) in [6.07, 6.45) is 1.05. The third kappa shape index (κ3) is 9.78. The monoisotopic (exact) mass is 177 g/mol. The van der Waals surface area contributed by atoms with Crippen LogP contribution in [0.3, 0.4) is 0 Å². The van der Waals surface area contributed by atoms with Crippen molar-refractivity contribution in [3.63, 3.8) is 0 Å². The van der Waals surface area contributed by atoms with Gasteiger partial charge in [0.25, 0.3) is 0 Å². The Morgan fingerprint density at radius 3 is 2.91 bits per heavy atom. The molecule has 0 saturated heterocycles. The van der Waals surface area contributed by atoms with Crippen LogP contribution in [-0.2, 0) is 4.79 Å². The number of hydrogen-bond donors (Lipinski definition) is 2. The van der Waals surface area contributed by atoms with Crippen LogP contribution in [0.15, 0.2) is 0 Å². The van der Waals surface area contributed by atoms with Crippen LogP contribution in [0.5, 0.6) is 0 Å². The van der Waals surface area contributed by atoms with E-state index in [1.165, 1.54) is 0 Å². The molecule has 0 bridgehead atoms. The molecule has 0 rings (SSSR count). The van der Waals surface area contributed by atoms with E-state index >= 15 is 0 Å². The maximum absolute atomic E-state index is 10.0. The van der Waals surface area contributed by atoms with Crippen LogP contribution in [-0.4, -0.2) is 35.7 Å². The van der Waals surface area contributed by atoms with Crippen molar-refractivity contribution in [2.75, 3.05) is 24.6 Å². The van der Waals surface area contributed by atoms with Crippen molar-refractivity contribution in [3.8, 4) is 0 Å². The molecule has 2 N–H and O–H groups in total. The topological polar surface area (TPSA) is 49.3 Å². The van der Waals surface area contributed by atoms with Crippen molar-refractivity contribution in [1.82, 2.24) is 5.32 Å². The Kier molecular flexibility index (Phi) is 7.72. The Hall–Kier alpha value is -0.220. The van der Waals surface area contributed by atoms with Gasteiger partial charge in [-0.15, -0.1) is 0 Å². The molecule has 0 aromatic carbocycles. The van der Waals surface area contributed by atoms with Gasteiger partial charge in [-0.25, -0.2) is 0 Å². The van der Waals surface area contributed by atoms with E-state index in [0.29, 0.717) is 0 Å². The Morgan fingerprint density at radius 1 is 1.64 bits per heavy atom. The van der Waals surface area contributed by atoms with E-state index in [1.54, 1.807) is 0 Å². The van der Waals surface area contributed by atoms with Crippen LogP contribution >= 0.6 is 11.8 Å². The average Bonchev–Trinajstić information content (AvgIpc) is 1.96. The SMILES string of the molecule is CCSCCCNCC(=O)O. The quantitative estimate of drug-likeness (QED) is 0.565. The summed E-state index contributed by atoms with van der Waals surface area (Å²) in [7, 11) is 0. The highest BCUT2D eigenvalue weighted by atomic mass is 32.2. The molecule has 0 aromatic rings. The van der Waals surface area contributed by atoms with Gasteiger partial charge in [0.05, 0.1) is 6.54 Å². The highest BCUT2D eigenvalue weighted by Crippen LogP contribution is 1.98. The first-order valence-electron chi connectivity index (χ1n) is 3.77. The van der Waals surface area contributed by atoms with E-state index in [1.807, 2.05) is 11.8 Å². The lowest BCUT2D eigenvalue weighted by Gasteiger charge is -1.99. The maximum atomic E-state index is 10.0. The molecule has 0 aliphatic heterocycles. The second kappa shape index (κ2) is 7.88. The average molecular weight is 177 g/mol. The highest BCUT2D eigenvalue weighted by Gasteiger charge is 1.93. The fourth-order valence-corrected chi connectivity index (χ4v) is 1.28. The molecule has 4 heteroatoms. The van der Waals surface area contributed by atoms with Crippen LogP contribution in [0.1, 0.15) is 13.3 Å². The predicted molar refractivity (Wildman–Crippen MR) is 48.1 cm³/mol. The first-order valence-corrected chi connectivity index (χ1v) is 4.93. The zero-order chi connectivity index (χ0) is 8.53. The number of carboxylic acids is 1. The summed E-state index contributed by atoms with van der Waals surface area (Å²) in [4.78, 5) is 10.0. The molecule has 0 amide bonds. The number of aliphatic carboxylic acids is 1. The van der Waals surface area contributed by atoms with Gasteiger partial charge in [-0.2, -0.15) is 11.8 Å². The number of carboxylic acid groups (broad SMARTS) is 1. The molecule has 0 atom stereocenters. The molecule has 0 unspecified atom stereocenters. The molecule has 0 heterocycles. The standard InChI is InChI=1S/C7H15NO2S/c1-2-11-5-3-4-8-6-7(9)10/h8H,2-6H2,1H3,(H,9,10). The van der Waals surface area contributed by atoms with Crippen LogP contribution in [0.25, 0.3) is 0 Å². The molecule has 0 aromatic heterocycles. The van der Waals surface area contributed by atoms with E-state index in [0.717, 1.165) is 24.5 Å². The van der Waals surface area contributed by atoms with Crippen molar-refractivity contribution in [2.24, 2.45) is 0 Å². The zero-order valence-corrected chi connectivity index (χ0v) is 7.62. The normalized spacial score (nSPS) is 9.91. The molecular weight excluding hydrogens is 162 g/mol. The largest absolute Gasteiger partial charge is 0.480 e. The second-order valence-electron chi connectivity index (χ2n) is 2.12. The molecule has 0 aliphatic rings. The summed E-state index contributed by atoms with van der Waals surface area (Å²) < 4.78 is 0. The Labute approximate surface area is 71.6 Å². The molecule has 66 valence electrons. The minimum absolute atomic E-state index is 0.0802. The predicted octanol–water partition coefficient (Wildman–Crippen LogP) is 0.804. The highest BCUT2D eigenvalue weighted by molar-refractivity contribution is 7.99. The van der Waals surface area contributed by atoms with Gasteiger partial charge in [-0.3, -0.25) is 4.79 Å². The number of thioether (sulfide) groups is 1. The molecule has 0 radical (unpaired) electrons. The van der Waals surface area contributed by atoms with Gasteiger partial charge >= 0.3 is 5.97 Å². The molecule has 0 spiro atoms. The van der Waals surface area contributed by atoms with Gasteiger partial charge in [0.15, 0.2) is 0 Å². The van der Waals surface area contributed by atoms with Gasteiger partial charge < -0.3 is 10.4 Å². The summed E-state index contributed by atoms with van der Waals surface area (Å²) in [5, 5.41) is 11.1. The van der Waals surface area contributed by atoms with Crippen molar-refractivity contribution < 1.29 is 9.90 Å². The van der Waals surface area contributed by atoms with Crippen LogP contribution in [0.2, 0.25) is 0 Å². The zero-order valence-electron chi connectivity index (χ0n) is 6.80. The summed E-state index contributed by atoms with van der Waals surface area (Å²) >= 11 is 1.88. The van der Waals surface area contributed by atoms with Crippen LogP contribution in [0, 0.1) is 0 Å². The minimum atomic E-state index is -0.784. The van der Waals surface area contributed by atoms with Gasteiger partial charge in [0.1, 0.15) is 0 Å². The first kappa shape index (κ1) is 10.8. The van der Waals surface area contributed by atoms with Crippen molar-refractivity contribution in [2.45, 2.75) is 13.3 Å². The van der Waals surface area contributed by atoms with Crippen LogP contribution in [0.4, 0.5) is 0 Å². The minimum Gasteiger partial charge on any atom is -0.480 e. The van der Waals surface area contributed by atoms with Gasteiger partial charge in [-0.1, -0.05) is 6.92 Å². The van der Waals surface area contributed by atoms with Crippen LogP contribution < -0.4 is 5.32 Å². The van der Waals surface area contributed by atoms with Crippen molar-refractivity contribution in [1.29, 1.82) is 0 Å². The Bertz CT molecular complexity index is 109. The molecule has 0 fully saturated rings. The lowest BCUT2D eigenvalue weighted by molar-refractivity contribution is -0.135. The first-order chi connectivity index (χ1) is 5.27. The second-order valence-corrected chi connectivity index (χ2v) is 3.51. The summed E-state index contributed by atoms with van der Waals surface area (Å²) in [6.45, 7) is 3.01. The van der Waals surface area contributed by atoms with Crippen molar-refractivity contribution >= 4 is 17.7 Å².